The molecule has 7 heteroatoms. The number of rotatable bonds is 7. The fraction of sp³-hybridized carbons (Fsp3) is 0.556. The van der Waals surface area contributed by atoms with E-state index in [9.17, 15) is 9.59 Å². The van der Waals surface area contributed by atoms with Crippen LogP contribution in [0.1, 0.15) is 18.4 Å². The van der Waals surface area contributed by atoms with Gasteiger partial charge in [-0.25, -0.2) is 0 Å². The summed E-state index contributed by atoms with van der Waals surface area (Å²) in [5.41, 5.74) is 6.37. The molecule has 1 aliphatic heterocycles. The monoisotopic (exact) mass is 350 g/mol. The van der Waals surface area contributed by atoms with Crippen LogP contribution >= 0.6 is 0 Å². The summed E-state index contributed by atoms with van der Waals surface area (Å²) in [4.78, 5) is 26.7. The van der Waals surface area contributed by atoms with E-state index in [1.54, 1.807) is 26.2 Å². The second kappa shape index (κ2) is 8.71. The summed E-state index contributed by atoms with van der Waals surface area (Å²) >= 11 is 0. The van der Waals surface area contributed by atoms with Crippen LogP contribution < -0.4 is 20.1 Å². The van der Waals surface area contributed by atoms with Gasteiger partial charge in [-0.3, -0.25) is 9.59 Å². The molecule has 1 aliphatic rings. The van der Waals surface area contributed by atoms with Gasteiger partial charge in [0.2, 0.25) is 5.91 Å². The van der Waals surface area contributed by atoms with Gasteiger partial charge in [-0.2, -0.15) is 0 Å². The number of hydrogen-bond acceptors (Lipinski definition) is 4. The van der Waals surface area contributed by atoms with E-state index in [0.29, 0.717) is 31.1 Å². The third kappa shape index (κ3) is 5.09. The van der Waals surface area contributed by atoms with Gasteiger partial charge in [0.25, 0.3) is 5.91 Å². The minimum atomic E-state index is -0.261. The number of hydrogen-bond donors (Lipinski definition) is 2. The van der Waals surface area contributed by atoms with Crippen molar-refractivity contribution in [3.63, 3.8) is 0 Å². The number of nitrogens with two attached hydrogens (primary N) is 1. The molecule has 1 saturated heterocycles. The molecule has 0 bridgehead atoms. The van der Waals surface area contributed by atoms with Gasteiger partial charge in [0.05, 0.1) is 33.2 Å². The molecule has 138 valence electrons. The molecule has 7 nitrogen and oxygen atoms in total. The first-order valence-corrected chi connectivity index (χ1v) is 8.52. The maximum Gasteiger partial charge on any atom is 0.277 e. The van der Waals surface area contributed by atoms with Crippen molar-refractivity contribution in [1.82, 2.24) is 4.90 Å². The fourth-order valence-electron chi connectivity index (χ4n) is 3.24. The quantitative estimate of drug-likeness (QED) is 0.690. The molecule has 0 aliphatic carbocycles. The average molecular weight is 350 g/mol. The first-order chi connectivity index (χ1) is 11.9. The number of primary amides is 1. The number of nitrogens with one attached hydrogen (secondary N) is 1. The van der Waals surface area contributed by atoms with Crippen LogP contribution in [-0.4, -0.2) is 57.6 Å². The fourth-order valence-corrected chi connectivity index (χ4v) is 3.24. The number of quaternary nitrogens is 1. The minimum Gasteiger partial charge on any atom is -0.493 e. The van der Waals surface area contributed by atoms with Crippen LogP contribution in [0.4, 0.5) is 0 Å². The lowest BCUT2D eigenvalue weighted by molar-refractivity contribution is -0.899. The number of carbonyl (C=O) groups is 2. The Kier molecular flexibility index (Phi) is 6.64. The third-order valence-electron chi connectivity index (χ3n) is 4.72. The molecular weight excluding hydrogens is 322 g/mol. The molecular formula is C18H28N3O4+. The molecule has 1 heterocycles. The second-order valence-electron chi connectivity index (χ2n) is 6.56. The van der Waals surface area contributed by atoms with Gasteiger partial charge in [0.15, 0.2) is 18.0 Å². The maximum absolute atomic E-state index is 12.5. The summed E-state index contributed by atoms with van der Waals surface area (Å²) in [6.07, 6.45) is 1.75. The van der Waals surface area contributed by atoms with Gasteiger partial charge in [-0.1, -0.05) is 6.07 Å². The number of nitrogens with zero attached hydrogens (tertiary/aromatic N) is 1. The van der Waals surface area contributed by atoms with Crippen molar-refractivity contribution >= 4 is 11.8 Å². The van der Waals surface area contributed by atoms with Crippen molar-refractivity contribution in [2.45, 2.75) is 19.4 Å². The van der Waals surface area contributed by atoms with Crippen LogP contribution in [0.2, 0.25) is 0 Å². The summed E-state index contributed by atoms with van der Waals surface area (Å²) in [5, 5.41) is 0. The zero-order chi connectivity index (χ0) is 18.4. The highest BCUT2D eigenvalue weighted by molar-refractivity contribution is 5.77. The van der Waals surface area contributed by atoms with Gasteiger partial charge < -0.3 is 25.0 Å². The lowest BCUT2D eigenvalue weighted by Crippen LogP contribution is -3.14. The molecule has 0 spiro atoms. The van der Waals surface area contributed by atoms with Crippen molar-refractivity contribution in [2.75, 3.05) is 40.9 Å². The summed E-state index contributed by atoms with van der Waals surface area (Å²) in [5.74, 6) is 0.980. The van der Waals surface area contributed by atoms with Crippen molar-refractivity contribution in [3.8, 4) is 11.5 Å². The minimum absolute atomic E-state index is 0.0508. The number of methoxy groups -OCH3 is 2. The number of piperidine rings is 1. The molecule has 0 radical (unpaired) electrons. The van der Waals surface area contributed by atoms with Gasteiger partial charge in [0.1, 0.15) is 0 Å². The highest BCUT2D eigenvalue weighted by Crippen LogP contribution is 2.27. The van der Waals surface area contributed by atoms with E-state index in [0.717, 1.165) is 29.8 Å². The summed E-state index contributed by atoms with van der Waals surface area (Å²) < 4.78 is 10.5. The Morgan fingerprint density at radius 1 is 1.28 bits per heavy atom. The zero-order valence-corrected chi connectivity index (χ0v) is 15.2. The van der Waals surface area contributed by atoms with Crippen molar-refractivity contribution in [3.05, 3.63) is 23.8 Å². The first-order valence-electron chi connectivity index (χ1n) is 8.52. The van der Waals surface area contributed by atoms with Gasteiger partial charge in [-0.15, -0.1) is 0 Å². The number of amides is 2. The second-order valence-corrected chi connectivity index (χ2v) is 6.56. The van der Waals surface area contributed by atoms with E-state index in [2.05, 4.69) is 0 Å². The number of likely N-dealkylation sites (N-methyl/N-ethyl adjacent to an activating group) is 1. The van der Waals surface area contributed by atoms with E-state index in [-0.39, 0.29) is 17.7 Å². The molecule has 1 aromatic rings. The normalized spacial score (nSPS) is 20.0. The molecule has 3 N–H and O–H groups in total. The lowest BCUT2D eigenvalue weighted by atomic mass is 9.97. The third-order valence-corrected chi connectivity index (χ3v) is 4.72. The molecule has 2 atom stereocenters. The highest BCUT2D eigenvalue weighted by atomic mass is 16.5. The lowest BCUT2D eigenvalue weighted by Gasteiger charge is -2.29. The van der Waals surface area contributed by atoms with Crippen LogP contribution in [0.15, 0.2) is 18.2 Å². The Balaban J connectivity index is 1.93. The van der Waals surface area contributed by atoms with Gasteiger partial charge in [0, 0.05) is 13.6 Å². The van der Waals surface area contributed by atoms with Crippen molar-refractivity contribution in [1.29, 1.82) is 0 Å². The molecule has 0 saturated carbocycles. The van der Waals surface area contributed by atoms with Crippen molar-refractivity contribution < 1.29 is 24.0 Å². The van der Waals surface area contributed by atoms with E-state index >= 15 is 0 Å². The molecule has 2 rings (SSSR count). The maximum atomic E-state index is 12.5. The van der Waals surface area contributed by atoms with Gasteiger partial charge >= 0.3 is 0 Å². The molecule has 25 heavy (non-hydrogen) atoms. The van der Waals surface area contributed by atoms with E-state index < -0.39 is 0 Å². The molecule has 1 unspecified atom stereocenters. The van der Waals surface area contributed by atoms with Crippen LogP contribution in [0.3, 0.4) is 0 Å². The zero-order valence-electron chi connectivity index (χ0n) is 15.2. The Hall–Kier alpha value is -2.28. The number of benzene rings is 1. The number of ether oxygens (including phenoxy) is 2. The van der Waals surface area contributed by atoms with E-state index in [4.69, 9.17) is 15.2 Å². The Bertz CT molecular complexity index is 620. The molecule has 1 fully saturated rings. The predicted molar refractivity (Wildman–Crippen MR) is 93.5 cm³/mol. The first kappa shape index (κ1) is 19.1. The topological polar surface area (TPSA) is 86.3 Å². The van der Waals surface area contributed by atoms with Gasteiger partial charge in [-0.05, 0) is 30.5 Å². The standard InChI is InChI=1S/C18H27N3O4/c1-20(10-13-6-7-15(24-2)16(9-13)25-3)17(22)12-21-8-4-5-14(11-21)18(19)23/h6-7,9,14H,4-5,8,10-12H2,1-3H3,(H2,19,23)/p+1/t14-/m1/s1. The molecule has 1 aromatic carbocycles. The summed E-state index contributed by atoms with van der Waals surface area (Å²) in [7, 11) is 4.97. The summed E-state index contributed by atoms with van der Waals surface area (Å²) in [6.45, 7) is 2.42. The SMILES string of the molecule is COc1ccc(CN(C)C(=O)C[NH+]2CCC[C@@H](C(N)=O)C2)cc1OC. The Labute approximate surface area is 148 Å². The smallest absolute Gasteiger partial charge is 0.277 e. The highest BCUT2D eigenvalue weighted by Gasteiger charge is 2.29. The number of likely N-dealkylation sites (tertiary alicyclic amines) is 1. The van der Waals surface area contributed by atoms with Crippen LogP contribution in [0, 0.1) is 5.92 Å². The van der Waals surface area contributed by atoms with Crippen LogP contribution in [0.25, 0.3) is 0 Å². The molecule has 2 amide bonds. The van der Waals surface area contributed by atoms with Crippen molar-refractivity contribution in [2.24, 2.45) is 11.7 Å². The van der Waals surface area contributed by atoms with Crippen LogP contribution in [-0.2, 0) is 16.1 Å². The number of carbonyl (C=O) groups excluding carboxylic acids is 2. The van der Waals surface area contributed by atoms with E-state index in [1.807, 2.05) is 18.2 Å². The molecule has 0 aromatic heterocycles. The Morgan fingerprint density at radius 2 is 2.00 bits per heavy atom. The summed E-state index contributed by atoms with van der Waals surface area (Å²) in [6, 6.07) is 5.63. The largest absolute Gasteiger partial charge is 0.493 e. The van der Waals surface area contributed by atoms with Crippen LogP contribution in [0.5, 0.6) is 11.5 Å². The van der Waals surface area contributed by atoms with E-state index in [1.165, 1.54) is 0 Å². The average Bonchev–Trinajstić information content (AvgIpc) is 2.61. The Morgan fingerprint density at radius 3 is 2.64 bits per heavy atom. The predicted octanol–water partition coefficient (Wildman–Crippen LogP) is -0.558.